The van der Waals surface area contributed by atoms with E-state index in [1.165, 1.54) is 5.56 Å². The molecule has 1 saturated carbocycles. The lowest BCUT2D eigenvalue weighted by Crippen LogP contribution is -2.11. The second-order valence-electron chi connectivity index (χ2n) is 3.68. The Kier molecular flexibility index (Phi) is 2.05. The normalized spacial score (nSPS) is 25.5. The number of primary amides is 1. The molecule has 1 amide bonds. The van der Waals surface area contributed by atoms with Crippen LogP contribution in [0, 0.1) is 5.92 Å². The molecule has 0 unspecified atom stereocenters. The van der Waals surface area contributed by atoms with E-state index in [0.29, 0.717) is 18.3 Å². The van der Waals surface area contributed by atoms with Crippen molar-refractivity contribution in [1.82, 2.24) is 0 Å². The van der Waals surface area contributed by atoms with Crippen molar-refractivity contribution < 1.29 is 4.79 Å². The van der Waals surface area contributed by atoms with E-state index >= 15 is 0 Å². The number of rotatable bonds is 3. The molecule has 1 aromatic rings. The fraction of sp³-hybridized carbons (Fsp3) is 0.364. The third kappa shape index (κ3) is 1.89. The molecular formula is C11H13NO. The van der Waals surface area contributed by atoms with Crippen molar-refractivity contribution in [2.75, 3.05) is 0 Å². The van der Waals surface area contributed by atoms with Gasteiger partial charge in [0.2, 0.25) is 5.91 Å². The fourth-order valence-corrected chi connectivity index (χ4v) is 1.84. The summed E-state index contributed by atoms with van der Waals surface area (Å²) in [6.07, 6.45) is 1.66. The first-order chi connectivity index (χ1) is 6.27. The van der Waals surface area contributed by atoms with Crippen molar-refractivity contribution in [3.05, 3.63) is 35.9 Å². The Hall–Kier alpha value is -1.31. The summed E-state index contributed by atoms with van der Waals surface area (Å²) in [6, 6.07) is 10.3. The Morgan fingerprint density at radius 3 is 2.69 bits per heavy atom. The summed E-state index contributed by atoms with van der Waals surface area (Å²) in [7, 11) is 0. The highest BCUT2D eigenvalue weighted by molar-refractivity contribution is 5.74. The number of hydrogen-bond donors (Lipinski definition) is 1. The van der Waals surface area contributed by atoms with E-state index in [1.54, 1.807) is 0 Å². The summed E-state index contributed by atoms with van der Waals surface area (Å²) < 4.78 is 0. The molecule has 1 fully saturated rings. The van der Waals surface area contributed by atoms with Crippen molar-refractivity contribution in [3.63, 3.8) is 0 Å². The molecule has 1 aliphatic carbocycles. The summed E-state index contributed by atoms with van der Waals surface area (Å²) in [4.78, 5) is 10.6. The van der Waals surface area contributed by atoms with Crippen molar-refractivity contribution >= 4 is 5.91 Å². The molecular weight excluding hydrogens is 162 g/mol. The molecule has 2 heteroatoms. The molecule has 0 aromatic heterocycles. The Morgan fingerprint density at radius 1 is 1.38 bits per heavy atom. The zero-order valence-electron chi connectivity index (χ0n) is 7.44. The number of nitrogens with two attached hydrogens (primary N) is 1. The van der Waals surface area contributed by atoms with E-state index in [-0.39, 0.29) is 5.91 Å². The summed E-state index contributed by atoms with van der Waals surface area (Å²) in [5, 5.41) is 0. The van der Waals surface area contributed by atoms with Gasteiger partial charge in [0.15, 0.2) is 0 Å². The van der Waals surface area contributed by atoms with Gasteiger partial charge >= 0.3 is 0 Å². The maximum Gasteiger partial charge on any atom is 0.217 e. The molecule has 13 heavy (non-hydrogen) atoms. The Morgan fingerprint density at radius 2 is 2.08 bits per heavy atom. The van der Waals surface area contributed by atoms with Crippen molar-refractivity contribution in [3.8, 4) is 0 Å². The van der Waals surface area contributed by atoms with Crippen LogP contribution in [-0.4, -0.2) is 5.91 Å². The van der Waals surface area contributed by atoms with E-state index in [2.05, 4.69) is 12.1 Å². The molecule has 0 bridgehead atoms. The Bertz CT molecular complexity index is 307. The first kappa shape index (κ1) is 8.30. The van der Waals surface area contributed by atoms with Crippen molar-refractivity contribution in [2.24, 2.45) is 11.7 Å². The molecule has 2 nitrogen and oxygen atoms in total. The third-order valence-corrected chi connectivity index (χ3v) is 2.61. The molecule has 1 aromatic carbocycles. The molecule has 0 radical (unpaired) electrons. The molecule has 2 atom stereocenters. The average Bonchev–Trinajstić information content (AvgIpc) is 2.84. The third-order valence-electron chi connectivity index (χ3n) is 2.61. The SMILES string of the molecule is NC(=O)C[C@H]1C[C@H]1c1ccccc1. The number of amides is 1. The molecule has 0 saturated heterocycles. The van der Waals surface area contributed by atoms with Crippen LogP contribution in [0.1, 0.15) is 24.3 Å². The van der Waals surface area contributed by atoms with Gasteiger partial charge in [-0.15, -0.1) is 0 Å². The maximum absolute atomic E-state index is 10.6. The first-order valence-electron chi connectivity index (χ1n) is 4.60. The lowest BCUT2D eigenvalue weighted by molar-refractivity contribution is -0.118. The molecule has 1 aliphatic rings. The number of carbonyl (C=O) groups is 1. The van der Waals surface area contributed by atoms with Crippen LogP contribution in [-0.2, 0) is 4.79 Å². The van der Waals surface area contributed by atoms with E-state index in [0.717, 1.165) is 6.42 Å². The highest BCUT2D eigenvalue weighted by atomic mass is 16.1. The van der Waals surface area contributed by atoms with Gasteiger partial charge in [-0.25, -0.2) is 0 Å². The molecule has 68 valence electrons. The summed E-state index contributed by atoms with van der Waals surface area (Å²) in [5.74, 6) is 0.900. The van der Waals surface area contributed by atoms with Crippen LogP contribution < -0.4 is 5.73 Å². The largest absolute Gasteiger partial charge is 0.370 e. The number of carbonyl (C=O) groups excluding carboxylic acids is 1. The second-order valence-corrected chi connectivity index (χ2v) is 3.68. The van der Waals surface area contributed by atoms with Gasteiger partial charge in [-0.3, -0.25) is 4.79 Å². The van der Waals surface area contributed by atoms with E-state index in [1.807, 2.05) is 18.2 Å². The minimum Gasteiger partial charge on any atom is -0.370 e. The quantitative estimate of drug-likeness (QED) is 0.746. The van der Waals surface area contributed by atoms with Crippen LogP contribution in [0.3, 0.4) is 0 Å². The van der Waals surface area contributed by atoms with Gasteiger partial charge in [0.25, 0.3) is 0 Å². The van der Waals surface area contributed by atoms with Gasteiger partial charge < -0.3 is 5.73 Å². The van der Waals surface area contributed by atoms with Crippen LogP contribution >= 0.6 is 0 Å². The zero-order valence-corrected chi connectivity index (χ0v) is 7.44. The van der Waals surface area contributed by atoms with Crippen LogP contribution in [0.2, 0.25) is 0 Å². The van der Waals surface area contributed by atoms with E-state index in [4.69, 9.17) is 5.73 Å². The van der Waals surface area contributed by atoms with Gasteiger partial charge in [0, 0.05) is 6.42 Å². The van der Waals surface area contributed by atoms with Gasteiger partial charge in [-0.2, -0.15) is 0 Å². The monoisotopic (exact) mass is 175 g/mol. The van der Waals surface area contributed by atoms with Crippen LogP contribution in [0.25, 0.3) is 0 Å². The Labute approximate surface area is 77.8 Å². The number of benzene rings is 1. The minimum absolute atomic E-state index is 0.177. The van der Waals surface area contributed by atoms with Crippen molar-refractivity contribution in [2.45, 2.75) is 18.8 Å². The number of hydrogen-bond acceptors (Lipinski definition) is 1. The highest BCUT2D eigenvalue weighted by Crippen LogP contribution is 2.49. The predicted octanol–water partition coefficient (Wildman–Crippen LogP) is 1.67. The minimum atomic E-state index is -0.177. The first-order valence-corrected chi connectivity index (χ1v) is 4.60. The van der Waals surface area contributed by atoms with Gasteiger partial charge in [0.05, 0.1) is 0 Å². The predicted molar refractivity (Wildman–Crippen MR) is 51.1 cm³/mol. The molecule has 0 spiro atoms. The molecule has 2 rings (SSSR count). The highest BCUT2D eigenvalue weighted by Gasteiger charge is 2.38. The topological polar surface area (TPSA) is 43.1 Å². The summed E-state index contributed by atoms with van der Waals surface area (Å²) >= 11 is 0. The molecule has 2 N–H and O–H groups in total. The van der Waals surface area contributed by atoms with Crippen LogP contribution in [0.5, 0.6) is 0 Å². The lowest BCUT2D eigenvalue weighted by Gasteiger charge is -1.97. The van der Waals surface area contributed by atoms with Crippen LogP contribution in [0.15, 0.2) is 30.3 Å². The van der Waals surface area contributed by atoms with E-state index < -0.39 is 0 Å². The zero-order chi connectivity index (χ0) is 9.26. The molecule has 0 aliphatic heterocycles. The fourth-order valence-electron chi connectivity index (χ4n) is 1.84. The standard InChI is InChI=1S/C11H13NO/c12-11(13)7-9-6-10(9)8-4-2-1-3-5-8/h1-5,9-10H,6-7H2,(H2,12,13)/t9-,10+/m1/s1. The lowest BCUT2D eigenvalue weighted by atomic mass is 10.1. The van der Waals surface area contributed by atoms with Gasteiger partial charge in [-0.05, 0) is 23.8 Å². The summed E-state index contributed by atoms with van der Waals surface area (Å²) in [6.45, 7) is 0. The molecule has 0 heterocycles. The second kappa shape index (κ2) is 3.21. The summed E-state index contributed by atoms with van der Waals surface area (Å²) in [5.41, 5.74) is 6.48. The Balaban J connectivity index is 1.97. The van der Waals surface area contributed by atoms with E-state index in [9.17, 15) is 4.79 Å². The van der Waals surface area contributed by atoms with Gasteiger partial charge in [0.1, 0.15) is 0 Å². The smallest absolute Gasteiger partial charge is 0.217 e. The van der Waals surface area contributed by atoms with Crippen LogP contribution in [0.4, 0.5) is 0 Å². The maximum atomic E-state index is 10.6. The average molecular weight is 175 g/mol. The van der Waals surface area contributed by atoms with Crippen molar-refractivity contribution in [1.29, 1.82) is 0 Å². The van der Waals surface area contributed by atoms with Gasteiger partial charge in [-0.1, -0.05) is 30.3 Å².